The molecule has 0 bridgehead atoms. The first-order valence-corrected chi connectivity index (χ1v) is 12.1. The summed E-state index contributed by atoms with van der Waals surface area (Å²) < 4.78 is 38.3. The van der Waals surface area contributed by atoms with Crippen LogP contribution >= 0.6 is 11.8 Å². The second kappa shape index (κ2) is 8.47. The third-order valence-electron chi connectivity index (χ3n) is 5.20. The number of alkyl halides is 2. The van der Waals surface area contributed by atoms with Crippen LogP contribution in [0.25, 0.3) is 11.5 Å². The van der Waals surface area contributed by atoms with Crippen molar-refractivity contribution in [3.05, 3.63) is 60.0 Å². The molecule has 5 rings (SSSR count). The second-order valence-electron chi connectivity index (χ2n) is 7.16. The van der Waals surface area contributed by atoms with Crippen LogP contribution < -0.4 is 4.31 Å². The molecule has 3 aromatic rings. The number of aromatic nitrogens is 2. The Kier molecular flexibility index (Phi) is 5.56. The third-order valence-corrected chi connectivity index (χ3v) is 8.49. The fourth-order valence-corrected chi connectivity index (χ4v) is 7.31. The fourth-order valence-electron chi connectivity index (χ4n) is 3.66. The molecule has 156 valence electrons. The minimum absolute atomic E-state index is 0.0998. The first-order valence-electron chi connectivity index (χ1n) is 9.79. The highest BCUT2D eigenvalue weighted by Crippen LogP contribution is 2.38. The Labute approximate surface area is 180 Å². The summed E-state index contributed by atoms with van der Waals surface area (Å²) >= 11 is 2.01. The van der Waals surface area contributed by atoms with E-state index >= 15 is 0 Å². The van der Waals surface area contributed by atoms with Crippen LogP contribution in [0, 0.1) is 0 Å². The molecule has 9 heteroatoms. The largest absolute Gasteiger partial charge is 0.415 e. The third kappa shape index (κ3) is 3.88. The van der Waals surface area contributed by atoms with Gasteiger partial charge < -0.3 is 8.72 Å². The standard InChI is InChI=1S/C21H20F2N4OS2/c22-19(23)21-25-24-20(28-21)14-6-7-15-13-27(16-4-2-1-3-5-16)30(26-18(15)12-14)17-8-10-29-11-9-17/h1-7,12,17,19H,8-11,13H2. The molecule has 0 N–H and O–H groups in total. The minimum Gasteiger partial charge on any atom is -0.415 e. The van der Waals surface area contributed by atoms with E-state index < -0.39 is 12.3 Å². The van der Waals surface area contributed by atoms with Gasteiger partial charge in [-0.2, -0.15) is 20.5 Å². The lowest BCUT2D eigenvalue weighted by Gasteiger charge is -2.37. The highest BCUT2D eigenvalue weighted by molar-refractivity contribution is 7.99. The van der Waals surface area contributed by atoms with Crippen molar-refractivity contribution in [1.82, 2.24) is 10.2 Å². The molecule has 1 atom stereocenters. The minimum atomic E-state index is -2.77. The number of rotatable bonds is 4. The van der Waals surface area contributed by atoms with Crippen LogP contribution in [0.15, 0.2) is 57.3 Å². The Morgan fingerprint density at radius 2 is 1.87 bits per heavy atom. The topological polar surface area (TPSA) is 54.5 Å². The lowest BCUT2D eigenvalue weighted by molar-refractivity contribution is 0.116. The summed E-state index contributed by atoms with van der Waals surface area (Å²) in [5.74, 6) is 1.77. The zero-order valence-electron chi connectivity index (χ0n) is 16.1. The zero-order valence-corrected chi connectivity index (χ0v) is 17.7. The van der Waals surface area contributed by atoms with E-state index in [1.165, 1.54) is 5.69 Å². The van der Waals surface area contributed by atoms with Crippen molar-refractivity contribution < 1.29 is 13.2 Å². The van der Waals surface area contributed by atoms with Gasteiger partial charge in [-0.1, -0.05) is 24.3 Å². The molecule has 1 unspecified atom stereocenters. The molecule has 2 aliphatic heterocycles. The van der Waals surface area contributed by atoms with E-state index in [0.29, 0.717) is 10.8 Å². The van der Waals surface area contributed by atoms with E-state index in [-0.39, 0.29) is 16.8 Å². The van der Waals surface area contributed by atoms with Crippen LogP contribution in [0.1, 0.15) is 30.7 Å². The normalized spacial score (nSPS) is 19.6. The van der Waals surface area contributed by atoms with Crippen LogP contribution in [0.2, 0.25) is 0 Å². The lowest BCUT2D eigenvalue weighted by Crippen LogP contribution is -2.36. The van der Waals surface area contributed by atoms with Gasteiger partial charge in [0, 0.05) is 27.4 Å². The summed E-state index contributed by atoms with van der Waals surface area (Å²) in [5, 5.41) is 7.73. The maximum absolute atomic E-state index is 12.8. The first kappa shape index (κ1) is 19.7. The van der Waals surface area contributed by atoms with Crippen LogP contribution in [-0.4, -0.2) is 27.0 Å². The van der Waals surface area contributed by atoms with E-state index in [9.17, 15) is 8.78 Å². The second-order valence-corrected chi connectivity index (χ2v) is 10.3. The van der Waals surface area contributed by atoms with Gasteiger partial charge in [0.25, 0.3) is 5.89 Å². The fraction of sp³-hybridized carbons (Fsp3) is 0.333. The highest BCUT2D eigenvalue weighted by atomic mass is 32.2. The molecule has 1 aromatic heterocycles. The quantitative estimate of drug-likeness (QED) is 0.497. The van der Waals surface area contributed by atoms with Crippen LogP contribution in [0.5, 0.6) is 0 Å². The van der Waals surface area contributed by atoms with Crippen LogP contribution in [0.3, 0.4) is 0 Å². The molecule has 0 radical (unpaired) electrons. The predicted molar refractivity (Wildman–Crippen MR) is 117 cm³/mol. The van der Waals surface area contributed by atoms with E-state index in [4.69, 9.17) is 8.78 Å². The van der Waals surface area contributed by atoms with E-state index in [2.05, 4.69) is 38.8 Å². The summed E-state index contributed by atoms with van der Waals surface area (Å²) in [6, 6.07) is 16.1. The van der Waals surface area contributed by atoms with Crippen molar-refractivity contribution in [2.45, 2.75) is 31.1 Å². The number of nitrogens with zero attached hydrogens (tertiary/aromatic N) is 4. The molecule has 1 saturated heterocycles. The monoisotopic (exact) mass is 446 g/mol. The molecule has 0 aliphatic carbocycles. The molecule has 3 heterocycles. The predicted octanol–water partition coefficient (Wildman–Crippen LogP) is 5.94. The Bertz CT molecular complexity index is 1070. The number of halogens is 2. The van der Waals surface area contributed by atoms with Gasteiger partial charge in [0.2, 0.25) is 5.89 Å². The molecule has 30 heavy (non-hydrogen) atoms. The van der Waals surface area contributed by atoms with Gasteiger partial charge in [-0.3, -0.25) is 0 Å². The van der Waals surface area contributed by atoms with Crippen molar-refractivity contribution in [1.29, 1.82) is 0 Å². The van der Waals surface area contributed by atoms with Crippen molar-refractivity contribution in [3.8, 4) is 11.5 Å². The van der Waals surface area contributed by atoms with Crippen molar-refractivity contribution in [2.75, 3.05) is 15.8 Å². The number of hydrogen-bond donors (Lipinski definition) is 0. The summed E-state index contributed by atoms with van der Waals surface area (Å²) in [6.45, 7) is 0.766. The maximum Gasteiger partial charge on any atom is 0.314 e. The Morgan fingerprint density at radius 3 is 2.60 bits per heavy atom. The first-order chi connectivity index (χ1) is 14.7. The Balaban J connectivity index is 1.54. The molecule has 1 fully saturated rings. The number of para-hydroxylation sites is 1. The van der Waals surface area contributed by atoms with Gasteiger partial charge in [0.15, 0.2) is 0 Å². The van der Waals surface area contributed by atoms with Gasteiger partial charge in [-0.25, -0.2) is 4.36 Å². The van der Waals surface area contributed by atoms with Crippen molar-refractivity contribution >= 4 is 34.0 Å². The van der Waals surface area contributed by atoms with Gasteiger partial charge in [-0.15, -0.1) is 10.2 Å². The van der Waals surface area contributed by atoms with Gasteiger partial charge in [0.05, 0.1) is 12.2 Å². The highest BCUT2D eigenvalue weighted by Gasteiger charge is 2.28. The van der Waals surface area contributed by atoms with Crippen LogP contribution in [0.4, 0.5) is 20.2 Å². The van der Waals surface area contributed by atoms with E-state index in [1.54, 1.807) is 0 Å². The van der Waals surface area contributed by atoms with Gasteiger partial charge >= 0.3 is 6.43 Å². The number of fused-ring (bicyclic) bond motifs is 1. The Morgan fingerprint density at radius 1 is 1.07 bits per heavy atom. The number of thioether (sulfide) groups is 1. The molecule has 2 aliphatic rings. The number of hydrogen-bond acceptors (Lipinski definition) is 6. The summed E-state index contributed by atoms with van der Waals surface area (Å²) in [4.78, 5) is 0. The molecule has 5 nitrogen and oxygen atoms in total. The summed E-state index contributed by atoms with van der Waals surface area (Å²) in [6.07, 6.45) is -0.475. The summed E-state index contributed by atoms with van der Waals surface area (Å²) in [7, 11) is -0.290. The van der Waals surface area contributed by atoms with Crippen molar-refractivity contribution in [3.63, 3.8) is 0 Å². The van der Waals surface area contributed by atoms with E-state index in [0.717, 1.165) is 42.1 Å². The van der Waals surface area contributed by atoms with Crippen molar-refractivity contribution in [2.24, 2.45) is 4.36 Å². The number of anilines is 1. The zero-order chi connectivity index (χ0) is 20.5. The molecular formula is C21H20F2N4OS2. The molecule has 0 amide bonds. The summed E-state index contributed by atoms with van der Waals surface area (Å²) in [5.41, 5.74) is 3.78. The molecule has 2 aromatic carbocycles. The number of benzene rings is 2. The van der Waals surface area contributed by atoms with Gasteiger partial charge in [-0.05, 0) is 54.2 Å². The van der Waals surface area contributed by atoms with E-state index in [1.807, 2.05) is 36.0 Å². The van der Waals surface area contributed by atoms with Gasteiger partial charge in [0.1, 0.15) is 0 Å². The average molecular weight is 447 g/mol. The van der Waals surface area contributed by atoms with Crippen LogP contribution in [-0.2, 0) is 17.4 Å². The molecule has 0 saturated carbocycles. The average Bonchev–Trinajstić information content (AvgIpc) is 3.30. The Hall–Kier alpha value is -2.26. The SMILES string of the molecule is FC(F)c1nnc(-c2ccc3c(c2)N=S(C2CCSCC2)N(c2ccccc2)C3)o1. The molecule has 0 spiro atoms. The maximum atomic E-state index is 12.8. The smallest absolute Gasteiger partial charge is 0.314 e. The molecular weight excluding hydrogens is 426 g/mol. The lowest BCUT2D eigenvalue weighted by atomic mass is 10.1.